The van der Waals surface area contributed by atoms with Gasteiger partial charge in [0.05, 0.1) is 19.6 Å². The van der Waals surface area contributed by atoms with Crippen molar-refractivity contribution >= 4 is 5.97 Å². The molecule has 7 nitrogen and oxygen atoms in total. The minimum Gasteiger partial charge on any atom is -0.497 e. The van der Waals surface area contributed by atoms with Crippen LogP contribution in [0.2, 0.25) is 0 Å². The summed E-state index contributed by atoms with van der Waals surface area (Å²) in [7, 11) is 1.60. The minimum absolute atomic E-state index is 0.00766. The Morgan fingerprint density at radius 1 is 1.38 bits per heavy atom. The van der Waals surface area contributed by atoms with Crippen LogP contribution in [-0.2, 0) is 9.53 Å². The molecule has 3 N–H and O–H groups in total. The van der Waals surface area contributed by atoms with Gasteiger partial charge in [0.15, 0.2) is 0 Å². The van der Waals surface area contributed by atoms with Crippen LogP contribution in [0.15, 0.2) is 35.7 Å². The number of aromatic nitrogens is 2. The Labute approximate surface area is 139 Å². The minimum atomic E-state index is -0.498. The lowest BCUT2D eigenvalue weighted by Crippen LogP contribution is -2.27. The predicted octanol–water partition coefficient (Wildman–Crippen LogP) is 1.98. The molecule has 0 saturated heterocycles. The average molecular weight is 329 g/mol. The number of aryl methyl sites for hydroxylation is 1. The predicted molar refractivity (Wildman–Crippen MR) is 86.6 cm³/mol. The lowest BCUT2D eigenvalue weighted by molar-refractivity contribution is -0.139. The molecular weight excluding hydrogens is 310 g/mol. The third-order valence-corrected chi connectivity index (χ3v) is 3.95. The Morgan fingerprint density at radius 2 is 2.08 bits per heavy atom. The average Bonchev–Trinajstić information content (AvgIpc) is 2.94. The Bertz CT molecular complexity index is 793. The van der Waals surface area contributed by atoms with E-state index in [1.165, 1.54) is 0 Å². The molecule has 0 radical (unpaired) electrons. The Balaban J connectivity index is 2.15. The van der Waals surface area contributed by atoms with Gasteiger partial charge in [0, 0.05) is 11.3 Å². The first kappa shape index (κ1) is 15.9. The number of aromatic amines is 1. The summed E-state index contributed by atoms with van der Waals surface area (Å²) in [6.45, 7) is 3.87. The summed E-state index contributed by atoms with van der Waals surface area (Å²) in [6.07, 6.45) is 0. The van der Waals surface area contributed by atoms with E-state index in [1.807, 2.05) is 31.2 Å². The molecule has 1 aromatic heterocycles. The Kier molecular flexibility index (Phi) is 4.16. The van der Waals surface area contributed by atoms with Crippen LogP contribution in [0.4, 0.5) is 0 Å². The largest absolute Gasteiger partial charge is 0.497 e. The van der Waals surface area contributed by atoms with Gasteiger partial charge in [-0.1, -0.05) is 12.1 Å². The van der Waals surface area contributed by atoms with E-state index in [4.69, 9.17) is 19.9 Å². The molecule has 1 atom stereocenters. The van der Waals surface area contributed by atoms with Crippen LogP contribution < -0.4 is 15.2 Å². The molecule has 126 valence electrons. The van der Waals surface area contributed by atoms with Crippen LogP contribution in [0.3, 0.4) is 0 Å². The first-order valence-corrected chi connectivity index (χ1v) is 7.60. The third-order valence-electron chi connectivity index (χ3n) is 3.95. The van der Waals surface area contributed by atoms with Crippen molar-refractivity contribution in [3.05, 3.63) is 52.5 Å². The summed E-state index contributed by atoms with van der Waals surface area (Å²) in [4.78, 5) is 12.5. The topological polar surface area (TPSA) is 99.5 Å². The summed E-state index contributed by atoms with van der Waals surface area (Å²) < 4.78 is 15.9. The fourth-order valence-electron chi connectivity index (χ4n) is 2.84. The van der Waals surface area contributed by atoms with Crippen molar-refractivity contribution in [1.82, 2.24) is 10.2 Å². The van der Waals surface area contributed by atoms with Crippen molar-refractivity contribution < 1.29 is 19.0 Å². The molecule has 0 amide bonds. The highest BCUT2D eigenvalue weighted by Gasteiger charge is 2.38. The molecule has 3 rings (SSSR count). The van der Waals surface area contributed by atoms with E-state index in [1.54, 1.807) is 14.0 Å². The molecule has 24 heavy (non-hydrogen) atoms. The van der Waals surface area contributed by atoms with Gasteiger partial charge in [-0.05, 0) is 31.5 Å². The first-order chi connectivity index (χ1) is 11.6. The molecule has 1 unspecified atom stereocenters. The number of hydrogen-bond acceptors (Lipinski definition) is 6. The summed E-state index contributed by atoms with van der Waals surface area (Å²) in [5, 5.41) is 7.00. The number of fused-ring (bicyclic) bond motifs is 1. The number of nitrogens with two attached hydrogens (primary N) is 1. The maximum absolute atomic E-state index is 12.5. The number of methoxy groups -OCH3 is 1. The van der Waals surface area contributed by atoms with E-state index in [-0.39, 0.29) is 18.1 Å². The van der Waals surface area contributed by atoms with Gasteiger partial charge in [0.1, 0.15) is 11.3 Å². The number of carbonyl (C=O) groups excluding carboxylic acids is 1. The van der Waals surface area contributed by atoms with E-state index >= 15 is 0 Å². The van der Waals surface area contributed by atoms with Gasteiger partial charge >= 0.3 is 5.97 Å². The molecule has 0 bridgehead atoms. The number of rotatable bonds is 4. The fourth-order valence-corrected chi connectivity index (χ4v) is 2.84. The van der Waals surface area contributed by atoms with Gasteiger partial charge < -0.3 is 19.9 Å². The Hall–Kier alpha value is -2.96. The summed E-state index contributed by atoms with van der Waals surface area (Å²) in [5.41, 5.74) is 8.73. The van der Waals surface area contributed by atoms with Gasteiger partial charge in [0.2, 0.25) is 11.8 Å². The molecule has 2 aromatic rings. The molecular formula is C17H19N3O4. The van der Waals surface area contributed by atoms with Gasteiger partial charge in [-0.3, -0.25) is 5.10 Å². The Morgan fingerprint density at radius 3 is 2.71 bits per heavy atom. The molecule has 1 aliphatic heterocycles. The second kappa shape index (κ2) is 6.27. The van der Waals surface area contributed by atoms with E-state index < -0.39 is 11.9 Å². The van der Waals surface area contributed by atoms with Crippen LogP contribution >= 0.6 is 0 Å². The van der Waals surface area contributed by atoms with Crippen LogP contribution in [0.1, 0.15) is 29.7 Å². The van der Waals surface area contributed by atoms with Crippen molar-refractivity contribution in [3.63, 3.8) is 0 Å². The quantitative estimate of drug-likeness (QED) is 0.832. The monoisotopic (exact) mass is 329 g/mol. The van der Waals surface area contributed by atoms with E-state index in [9.17, 15) is 4.79 Å². The van der Waals surface area contributed by atoms with Crippen molar-refractivity contribution in [2.75, 3.05) is 13.7 Å². The number of nitrogens with zero attached hydrogens (tertiary/aromatic N) is 1. The van der Waals surface area contributed by atoms with E-state index in [0.717, 1.165) is 22.6 Å². The second-order valence-corrected chi connectivity index (χ2v) is 5.37. The molecule has 0 spiro atoms. The lowest BCUT2D eigenvalue weighted by atomic mass is 9.83. The van der Waals surface area contributed by atoms with Gasteiger partial charge in [-0.15, -0.1) is 5.10 Å². The van der Waals surface area contributed by atoms with Crippen LogP contribution in [0.25, 0.3) is 0 Å². The van der Waals surface area contributed by atoms with Crippen molar-refractivity contribution in [1.29, 1.82) is 0 Å². The van der Waals surface area contributed by atoms with Crippen molar-refractivity contribution in [3.8, 4) is 11.6 Å². The zero-order chi connectivity index (χ0) is 17.3. The molecule has 0 saturated carbocycles. The highest BCUT2D eigenvalue weighted by atomic mass is 16.5. The van der Waals surface area contributed by atoms with Crippen LogP contribution in [0.5, 0.6) is 11.6 Å². The number of hydrogen-bond donors (Lipinski definition) is 2. The van der Waals surface area contributed by atoms with Gasteiger partial charge in [-0.25, -0.2) is 4.79 Å². The van der Waals surface area contributed by atoms with Crippen molar-refractivity contribution in [2.24, 2.45) is 5.73 Å². The SMILES string of the molecule is CCOC(=O)C1=C(N)Oc2n[nH]c(C)c2C1c1ccc(OC)cc1. The maximum Gasteiger partial charge on any atom is 0.340 e. The highest BCUT2D eigenvalue weighted by Crippen LogP contribution is 2.43. The zero-order valence-corrected chi connectivity index (χ0v) is 13.8. The molecule has 1 aliphatic rings. The number of nitrogens with one attached hydrogen (secondary N) is 1. The van der Waals surface area contributed by atoms with Crippen LogP contribution in [-0.4, -0.2) is 29.9 Å². The molecule has 0 fully saturated rings. The molecule has 2 heterocycles. The maximum atomic E-state index is 12.5. The van der Waals surface area contributed by atoms with Crippen LogP contribution in [0, 0.1) is 6.92 Å². The molecule has 1 aromatic carbocycles. The third kappa shape index (κ3) is 2.58. The van der Waals surface area contributed by atoms with E-state index in [2.05, 4.69) is 10.2 Å². The van der Waals surface area contributed by atoms with Crippen molar-refractivity contribution in [2.45, 2.75) is 19.8 Å². The smallest absolute Gasteiger partial charge is 0.340 e. The number of carbonyl (C=O) groups is 1. The highest BCUT2D eigenvalue weighted by molar-refractivity contribution is 5.92. The summed E-state index contributed by atoms with van der Waals surface area (Å²) in [5.74, 6) is 0.191. The summed E-state index contributed by atoms with van der Waals surface area (Å²) in [6, 6.07) is 7.44. The zero-order valence-electron chi connectivity index (χ0n) is 13.8. The molecule has 0 aliphatic carbocycles. The second-order valence-electron chi connectivity index (χ2n) is 5.37. The van der Waals surface area contributed by atoms with Gasteiger partial charge in [-0.2, -0.15) is 0 Å². The molecule has 7 heteroatoms. The first-order valence-electron chi connectivity index (χ1n) is 7.60. The van der Waals surface area contributed by atoms with Gasteiger partial charge in [0.25, 0.3) is 0 Å². The standard InChI is InChI=1S/C17H19N3O4/c1-4-23-17(21)14-13(10-5-7-11(22-3)8-6-10)12-9(2)19-20-16(12)24-15(14)18/h5-8,13H,4,18H2,1-3H3,(H,19,20). The van der Waals surface area contributed by atoms with E-state index in [0.29, 0.717) is 5.88 Å². The normalized spacial score (nSPS) is 16.4. The number of esters is 1. The summed E-state index contributed by atoms with van der Waals surface area (Å²) >= 11 is 0. The lowest BCUT2D eigenvalue weighted by Gasteiger charge is -2.26. The number of ether oxygens (including phenoxy) is 3. The fraction of sp³-hybridized carbons (Fsp3) is 0.294. The number of benzene rings is 1. The number of H-pyrrole nitrogens is 1.